The number of nitrogens with one attached hydrogen (secondary N) is 2. The minimum atomic E-state index is -1.08. The number of hydrogen-bond donors (Lipinski definition) is 2. The molecular formula is C15H15N3O6. The van der Waals surface area contributed by atoms with Gasteiger partial charge < -0.3 is 20.1 Å². The number of benzene rings is 1. The van der Waals surface area contributed by atoms with E-state index in [1.165, 1.54) is 18.2 Å². The first-order chi connectivity index (χ1) is 11.4. The first kappa shape index (κ1) is 18.6. The monoisotopic (exact) mass is 333 g/mol. The number of ether oxygens (including phenoxy) is 2. The second-order valence-corrected chi connectivity index (χ2v) is 4.22. The number of hydrogen-bond acceptors (Lipinski definition) is 7. The van der Waals surface area contributed by atoms with E-state index in [4.69, 9.17) is 5.26 Å². The van der Waals surface area contributed by atoms with E-state index in [9.17, 15) is 19.2 Å². The van der Waals surface area contributed by atoms with E-state index in [0.29, 0.717) is 0 Å². The Bertz CT molecular complexity index is 708. The highest BCUT2D eigenvalue weighted by molar-refractivity contribution is 6.38. The Kier molecular flexibility index (Phi) is 6.91. The summed E-state index contributed by atoms with van der Waals surface area (Å²) in [7, 11) is 0. The molecular weight excluding hydrogens is 318 g/mol. The number of anilines is 2. The lowest BCUT2D eigenvalue weighted by atomic mass is 10.1. The maximum Gasteiger partial charge on any atom is 0.397 e. The molecule has 24 heavy (non-hydrogen) atoms. The molecule has 0 radical (unpaired) electrons. The van der Waals surface area contributed by atoms with Crippen LogP contribution in [0.2, 0.25) is 0 Å². The van der Waals surface area contributed by atoms with Crippen LogP contribution in [0.1, 0.15) is 19.4 Å². The highest BCUT2D eigenvalue weighted by Gasteiger charge is 2.18. The van der Waals surface area contributed by atoms with Gasteiger partial charge in [-0.3, -0.25) is 9.59 Å². The Hall–Kier alpha value is -3.41. The van der Waals surface area contributed by atoms with Crippen molar-refractivity contribution in [1.29, 1.82) is 5.26 Å². The molecule has 126 valence electrons. The van der Waals surface area contributed by atoms with Crippen LogP contribution in [0.4, 0.5) is 11.4 Å². The zero-order valence-electron chi connectivity index (χ0n) is 13.0. The van der Waals surface area contributed by atoms with Crippen molar-refractivity contribution < 1.29 is 28.7 Å². The molecule has 1 aromatic carbocycles. The van der Waals surface area contributed by atoms with Crippen molar-refractivity contribution in [2.75, 3.05) is 23.8 Å². The maximum absolute atomic E-state index is 11.6. The van der Waals surface area contributed by atoms with Crippen molar-refractivity contribution in [2.45, 2.75) is 13.8 Å². The Morgan fingerprint density at radius 2 is 1.54 bits per heavy atom. The lowest BCUT2D eigenvalue weighted by Gasteiger charge is -2.09. The quantitative estimate of drug-likeness (QED) is 0.607. The standard InChI is InChI=1S/C15H15N3O6/c1-3-23-14(21)12(19)17-10-5-6-11(9(7-10)8-16)18-13(20)15(22)24-4-2/h5-7H,3-4H2,1-2H3,(H,17,19)(H,18,20). The van der Waals surface area contributed by atoms with E-state index in [2.05, 4.69) is 20.1 Å². The number of esters is 2. The van der Waals surface area contributed by atoms with Gasteiger partial charge in [-0.15, -0.1) is 0 Å². The molecule has 2 amide bonds. The molecule has 0 atom stereocenters. The lowest BCUT2D eigenvalue weighted by Crippen LogP contribution is -2.26. The first-order valence-corrected chi connectivity index (χ1v) is 6.93. The van der Waals surface area contributed by atoms with Crippen LogP contribution in [0.15, 0.2) is 18.2 Å². The van der Waals surface area contributed by atoms with Gasteiger partial charge in [0.2, 0.25) is 0 Å². The van der Waals surface area contributed by atoms with Crippen molar-refractivity contribution in [2.24, 2.45) is 0 Å². The molecule has 1 rings (SSSR count). The summed E-state index contributed by atoms with van der Waals surface area (Å²) in [5, 5.41) is 13.6. The summed E-state index contributed by atoms with van der Waals surface area (Å²) in [5.74, 6) is -4.17. The van der Waals surface area contributed by atoms with E-state index in [0.717, 1.165) is 0 Å². The van der Waals surface area contributed by atoms with Crippen LogP contribution in [0.3, 0.4) is 0 Å². The average Bonchev–Trinajstić information content (AvgIpc) is 2.56. The summed E-state index contributed by atoms with van der Waals surface area (Å²) in [6.45, 7) is 3.19. The Morgan fingerprint density at radius 1 is 1.00 bits per heavy atom. The van der Waals surface area contributed by atoms with Crippen molar-refractivity contribution in [3.63, 3.8) is 0 Å². The smallest absolute Gasteiger partial charge is 0.397 e. The predicted octanol–water partition coefficient (Wildman–Crippen LogP) is 0.561. The van der Waals surface area contributed by atoms with Crippen molar-refractivity contribution in [1.82, 2.24) is 0 Å². The molecule has 0 saturated carbocycles. The van der Waals surface area contributed by atoms with Crippen molar-refractivity contribution in [3.8, 4) is 6.07 Å². The third-order valence-corrected chi connectivity index (χ3v) is 2.57. The predicted molar refractivity (Wildman–Crippen MR) is 81.7 cm³/mol. The minimum absolute atomic E-state index is 0.0192. The molecule has 0 saturated heterocycles. The molecule has 0 fully saturated rings. The van der Waals surface area contributed by atoms with E-state index >= 15 is 0 Å². The van der Waals surface area contributed by atoms with Crippen LogP contribution >= 0.6 is 0 Å². The summed E-state index contributed by atoms with van der Waals surface area (Å²) in [6, 6.07) is 5.69. The summed E-state index contributed by atoms with van der Waals surface area (Å²) >= 11 is 0. The number of carbonyl (C=O) groups excluding carboxylic acids is 4. The van der Waals surface area contributed by atoms with Crippen LogP contribution in [-0.4, -0.2) is 37.0 Å². The zero-order valence-corrected chi connectivity index (χ0v) is 13.0. The van der Waals surface area contributed by atoms with Gasteiger partial charge in [0.05, 0.1) is 24.5 Å². The Labute approximate surface area is 137 Å². The zero-order chi connectivity index (χ0) is 18.1. The second kappa shape index (κ2) is 8.89. The maximum atomic E-state index is 11.6. The fourth-order valence-electron chi connectivity index (χ4n) is 1.57. The van der Waals surface area contributed by atoms with Gasteiger partial charge in [-0.1, -0.05) is 0 Å². The molecule has 2 N–H and O–H groups in total. The Balaban J connectivity index is 2.88. The van der Waals surface area contributed by atoms with Gasteiger partial charge in [0, 0.05) is 5.69 Å². The normalized spacial score (nSPS) is 9.38. The van der Waals surface area contributed by atoms with Gasteiger partial charge in [0.1, 0.15) is 6.07 Å². The topological polar surface area (TPSA) is 135 Å². The van der Waals surface area contributed by atoms with Gasteiger partial charge in [-0.2, -0.15) is 5.26 Å². The third-order valence-electron chi connectivity index (χ3n) is 2.57. The lowest BCUT2D eigenvalue weighted by molar-refractivity contribution is -0.152. The van der Waals surface area contributed by atoms with Crippen LogP contribution in [0.5, 0.6) is 0 Å². The van der Waals surface area contributed by atoms with E-state index in [1.807, 2.05) is 0 Å². The van der Waals surface area contributed by atoms with E-state index in [1.54, 1.807) is 19.9 Å². The molecule has 0 aliphatic rings. The van der Waals surface area contributed by atoms with Gasteiger partial charge in [-0.25, -0.2) is 9.59 Å². The molecule has 9 heteroatoms. The number of nitrogens with zero attached hydrogens (tertiary/aromatic N) is 1. The molecule has 0 heterocycles. The van der Waals surface area contributed by atoms with Gasteiger partial charge in [0.15, 0.2) is 0 Å². The minimum Gasteiger partial charge on any atom is -0.459 e. The van der Waals surface area contributed by atoms with Crippen molar-refractivity contribution >= 4 is 35.1 Å². The van der Waals surface area contributed by atoms with Gasteiger partial charge in [-0.05, 0) is 32.0 Å². The highest BCUT2D eigenvalue weighted by atomic mass is 16.5. The number of amides is 2. The highest BCUT2D eigenvalue weighted by Crippen LogP contribution is 2.20. The summed E-state index contributed by atoms with van der Waals surface area (Å²) in [5.41, 5.74) is 0.192. The molecule has 0 aliphatic heterocycles. The largest absolute Gasteiger partial charge is 0.459 e. The second-order valence-electron chi connectivity index (χ2n) is 4.22. The SMILES string of the molecule is CCOC(=O)C(=O)Nc1ccc(NC(=O)C(=O)OCC)c(C#N)c1. The van der Waals surface area contributed by atoms with E-state index in [-0.39, 0.29) is 30.2 Å². The average molecular weight is 333 g/mol. The molecule has 0 unspecified atom stereocenters. The van der Waals surface area contributed by atoms with E-state index < -0.39 is 23.8 Å². The third kappa shape index (κ3) is 5.10. The summed E-state index contributed by atoms with van der Waals surface area (Å²) < 4.78 is 9.07. The van der Waals surface area contributed by atoms with Crippen molar-refractivity contribution in [3.05, 3.63) is 23.8 Å². The molecule has 0 aliphatic carbocycles. The molecule has 1 aromatic rings. The fourth-order valence-corrected chi connectivity index (χ4v) is 1.57. The summed E-state index contributed by atoms with van der Waals surface area (Å²) in [4.78, 5) is 45.6. The first-order valence-electron chi connectivity index (χ1n) is 6.93. The number of nitriles is 1. The van der Waals surface area contributed by atoms with Gasteiger partial charge in [0.25, 0.3) is 0 Å². The van der Waals surface area contributed by atoms with Crippen LogP contribution < -0.4 is 10.6 Å². The van der Waals surface area contributed by atoms with Gasteiger partial charge >= 0.3 is 23.8 Å². The van der Waals surface area contributed by atoms with Crippen LogP contribution in [0, 0.1) is 11.3 Å². The number of rotatable bonds is 4. The Morgan fingerprint density at radius 3 is 2.04 bits per heavy atom. The molecule has 0 bridgehead atoms. The van der Waals surface area contributed by atoms with Crippen LogP contribution in [0.25, 0.3) is 0 Å². The summed E-state index contributed by atoms with van der Waals surface area (Å²) in [6.07, 6.45) is 0. The number of carbonyl (C=O) groups is 4. The molecule has 0 aromatic heterocycles. The van der Waals surface area contributed by atoms with Crippen LogP contribution in [-0.2, 0) is 28.7 Å². The molecule has 9 nitrogen and oxygen atoms in total. The molecule has 0 spiro atoms. The fraction of sp³-hybridized carbons (Fsp3) is 0.267.